The highest BCUT2D eigenvalue weighted by molar-refractivity contribution is 5.99. The van der Waals surface area contributed by atoms with E-state index in [4.69, 9.17) is 4.74 Å². The molecule has 1 aliphatic rings. The number of allylic oxidation sites excluding steroid dienone is 1. The van der Waals surface area contributed by atoms with Crippen molar-refractivity contribution in [2.45, 2.75) is 38.6 Å². The third-order valence-electron chi connectivity index (χ3n) is 7.99. The van der Waals surface area contributed by atoms with Gasteiger partial charge in [-0.2, -0.15) is 0 Å². The number of benzene rings is 4. The quantitative estimate of drug-likeness (QED) is 0.176. The van der Waals surface area contributed by atoms with Crippen molar-refractivity contribution in [3.63, 3.8) is 0 Å². The maximum atomic E-state index is 14.2. The van der Waals surface area contributed by atoms with Crippen LogP contribution < -0.4 is 10.1 Å². The Morgan fingerprint density at radius 2 is 1.64 bits per heavy atom. The number of rotatable bonds is 12. The molecule has 7 heteroatoms. The van der Waals surface area contributed by atoms with Crippen LogP contribution in [0.5, 0.6) is 5.75 Å². The second-order valence-electron chi connectivity index (χ2n) is 11.2. The molecule has 0 unspecified atom stereocenters. The lowest BCUT2D eigenvalue weighted by Gasteiger charge is -2.21. The fraction of sp³-hybridized carbons (Fsp3) is 0.216. The number of hydrogen-bond acceptors (Lipinski definition) is 4. The third kappa shape index (κ3) is 7.29. The normalized spacial score (nSPS) is 13.4. The average molecular weight is 592 g/mol. The standard InChI is InChI=1S/C37H34FNO5/c1-23-8-15-33-27(16-23)13-14-28(33)20-34(37(42)43)39-36(41)30(21-35(40)29-18-31(38)22-32(19-29)44-2)17-24-9-11-26(12-10-24)25-6-4-3-5-7-25/h3-12,14-16,18-19,22,30,34H,13,17,20-21H2,1-2H3,(H,39,41)(H,42,43)/t30-,34-/m0/s1. The van der Waals surface area contributed by atoms with Gasteiger partial charge in [0.05, 0.1) is 7.11 Å². The highest BCUT2D eigenvalue weighted by atomic mass is 19.1. The Morgan fingerprint density at radius 3 is 2.34 bits per heavy atom. The average Bonchev–Trinajstić information content (AvgIpc) is 3.42. The van der Waals surface area contributed by atoms with Gasteiger partial charge < -0.3 is 15.2 Å². The fourth-order valence-electron chi connectivity index (χ4n) is 5.64. The van der Waals surface area contributed by atoms with Crippen molar-refractivity contribution < 1.29 is 28.6 Å². The van der Waals surface area contributed by atoms with Gasteiger partial charge in [-0.25, -0.2) is 9.18 Å². The van der Waals surface area contributed by atoms with Crippen LogP contribution in [0.2, 0.25) is 0 Å². The van der Waals surface area contributed by atoms with Crippen LogP contribution >= 0.6 is 0 Å². The number of fused-ring (bicyclic) bond motifs is 1. The summed E-state index contributed by atoms with van der Waals surface area (Å²) in [4.78, 5) is 39.4. The van der Waals surface area contributed by atoms with Gasteiger partial charge in [0.25, 0.3) is 0 Å². The van der Waals surface area contributed by atoms with E-state index in [0.29, 0.717) is 6.42 Å². The first-order chi connectivity index (χ1) is 21.2. The molecule has 2 atom stereocenters. The van der Waals surface area contributed by atoms with Crippen molar-refractivity contribution in [3.05, 3.63) is 131 Å². The number of aryl methyl sites for hydroxylation is 1. The van der Waals surface area contributed by atoms with E-state index in [9.17, 15) is 23.9 Å². The van der Waals surface area contributed by atoms with Gasteiger partial charge >= 0.3 is 5.97 Å². The molecule has 0 aromatic heterocycles. The number of nitrogens with one attached hydrogen (secondary N) is 1. The summed E-state index contributed by atoms with van der Waals surface area (Å²) >= 11 is 0. The molecule has 0 aliphatic heterocycles. The molecule has 2 N–H and O–H groups in total. The number of ether oxygens (including phenoxy) is 1. The van der Waals surface area contributed by atoms with Crippen molar-refractivity contribution >= 4 is 23.2 Å². The van der Waals surface area contributed by atoms with E-state index in [-0.39, 0.29) is 30.6 Å². The lowest BCUT2D eigenvalue weighted by Crippen LogP contribution is -2.44. The third-order valence-corrected chi connectivity index (χ3v) is 7.99. The number of Topliss-reactive ketones (excluding diaryl/α,β-unsaturated/α-hetero) is 1. The smallest absolute Gasteiger partial charge is 0.326 e. The molecule has 44 heavy (non-hydrogen) atoms. The van der Waals surface area contributed by atoms with Crippen LogP contribution in [0.15, 0.2) is 97.1 Å². The molecule has 0 radical (unpaired) electrons. The largest absolute Gasteiger partial charge is 0.497 e. The summed E-state index contributed by atoms with van der Waals surface area (Å²) in [5.41, 5.74) is 7.05. The van der Waals surface area contributed by atoms with Gasteiger partial charge in [-0.05, 0) is 65.3 Å². The van der Waals surface area contributed by atoms with Gasteiger partial charge in [0.15, 0.2) is 5.78 Å². The summed E-state index contributed by atoms with van der Waals surface area (Å²) in [6, 6.07) is 26.1. The van der Waals surface area contributed by atoms with Gasteiger partial charge in [-0.3, -0.25) is 9.59 Å². The van der Waals surface area contributed by atoms with Crippen molar-refractivity contribution in [2.24, 2.45) is 5.92 Å². The molecule has 0 saturated carbocycles. The maximum Gasteiger partial charge on any atom is 0.326 e. The monoisotopic (exact) mass is 591 g/mol. The van der Waals surface area contributed by atoms with Gasteiger partial charge in [0.2, 0.25) is 5.91 Å². The number of hydrogen-bond donors (Lipinski definition) is 2. The topological polar surface area (TPSA) is 92.7 Å². The first-order valence-electron chi connectivity index (χ1n) is 14.5. The molecule has 224 valence electrons. The minimum absolute atomic E-state index is 0.0804. The van der Waals surface area contributed by atoms with Crippen molar-refractivity contribution in [1.29, 1.82) is 0 Å². The summed E-state index contributed by atoms with van der Waals surface area (Å²) in [7, 11) is 1.38. The minimum Gasteiger partial charge on any atom is -0.497 e. The van der Waals surface area contributed by atoms with Crippen molar-refractivity contribution in [3.8, 4) is 16.9 Å². The number of halogens is 1. The van der Waals surface area contributed by atoms with E-state index in [1.807, 2.05) is 79.7 Å². The number of carboxylic acid groups (broad SMARTS) is 1. The number of carbonyl (C=O) groups is 3. The number of carbonyl (C=O) groups excluding carboxylic acids is 2. The molecule has 0 bridgehead atoms. The Hall–Kier alpha value is -5.04. The molecule has 4 aromatic carbocycles. The summed E-state index contributed by atoms with van der Waals surface area (Å²) in [5.74, 6) is -3.49. The molecule has 6 nitrogen and oxygen atoms in total. The predicted molar refractivity (Wildman–Crippen MR) is 168 cm³/mol. The summed E-state index contributed by atoms with van der Waals surface area (Å²) < 4.78 is 19.3. The number of amides is 1. The Balaban J connectivity index is 1.37. The first-order valence-corrected chi connectivity index (χ1v) is 14.5. The summed E-state index contributed by atoms with van der Waals surface area (Å²) in [6.45, 7) is 2.01. The van der Waals surface area contributed by atoms with Crippen LogP contribution in [0.4, 0.5) is 4.39 Å². The van der Waals surface area contributed by atoms with Crippen LogP contribution in [0.1, 0.15) is 45.5 Å². The van der Waals surface area contributed by atoms with Crippen LogP contribution in [0, 0.1) is 18.7 Å². The number of methoxy groups -OCH3 is 1. The Morgan fingerprint density at radius 1 is 0.909 bits per heavy atom. The minimum atomic E-state index is -1.19. The molecule has 1 amide bonds. The lowest BCUT2D eigenvalue weighted by molar-refractivity contribution is -0.142. The second-order valence-corrected chi connectivity index (χ2v) is 11.2. The maximum absolute atomic E-state index is 14.2. The van der Waals surface area contributed by atoms with Crippen LogP contribution in [-0.2, 0) is 22.4 Å². The number of ketones is 1. The van der Waals surface area contributed by atoms with E-state index in [1.165, 1.54) is 19.2 Å². The van der Waals surface area contributed by atoms with Gasteiger partial charge in [0, 0.05) is 30.4 Å². The highest BCUT2D eigenvalue weighted by Crippen LogP contribution is 2.32. The second kappa shape index (κ2) is 13.5. The van der Waals surface area contributed by atoms with Crippen LogP contribution in [0.25, 0.3) is 16.7 Å². The van der Waals surface area contributed by atoms with Crippen molar-refractivity contribution in [2.75, 3.05) is 7.11 Å². The predicted octanol–water partition coefficient (Wildman–Crippen LogP) is 6.84. The van der Waals surface area contributed by atoms with Crippen molar-refractivity contribution in [1.82, 2.24) is 5.32 Å². The molecular weight excluding hydrogens is 557 g/mol. The van der Waals surface area contributed by atoms with Crippen LogP contribution in [0.3, 0.4) is 0 Å². The van der Waals surface area contributed by atoms with E-state index >= 15 is 0 Å². The van der Waals surface area contributed by atoms with E-state index in [2.05, 4.69) is 11.4 Å². The van der Waals surface area contributed by atoms with E-state index < -0.39 is 35.4 Å². The zero-order valence-corrected chi connectivity index (χ0v) is 24.7. The number of aliphatic carboxylic acids is 1. The van der Waals surface area contributed by atoms with Crippen LogP contribution in [-0.4, -0.2) is 35.9 Å². The fourth-order valence-corrected chi connectivity index (χ4v) is 5.64. The van der Waals surface area contributed by atoms with E-state index in [0.717, 1.165) is 45.0 Å². The van der Waals surface area contributed by atoms with Gasteiger partial charge in [0.1, 0.15) is 17.6 Å². The molecule has 0 saturated heterocycles. The molecule has 5 rings (SSSR count). The highest BCUT2D eigenvalue weighted by Gasteiger charge is 2.30. The summed E-state index contributed by atoms with van der Waals surface area (Å²) in [6.07, 6.45) is 2.77. The first kappa shape index (κ1) is 30.4. The van der Waals surface area contributed by atoms with E-state index in [1.54, 1.807) is 0 Å². The zero-order chi connectivity index (χ0) is 31.2. The number of carboxylic acids is 1. The van der Waals surface area contributed by atoms with Gasteiger partial charge in [-0.15, -0.1) is 0 Å². The molecular formula is C37H34FNO5. The molecule has 0 heterocycles. The Kier molecular flexibility index (Phi) is 9.34. The molecule has 1 aliphatic carbocycles. The SMILES string of the molecule is COc1cc(F)cc(C(=O)C[C@H](Cc2ccc(-c3ccccc3)cc2)C(=O)N[C@@H](CC2=CCc3cc(C)ccc32)C(=O)O)c1. The lowest BCUT2D eigenvalue weighted by atomic mass is 9.90. The molecule has 4 aromatic rings. The molecule has 0 fully saturated rings. The Bertz CT molecular complexity index is 1710. The van der Waals surface area contributed by atoms with Gasteiger partial charge in [-0.1, -0.05) is 84.4 Å². The molecule has 0 spiro atoms. The summed E-state index contributed by atoms with van der Waals surface area (Å²) in [5, 5.41) is 12.8. The Labute approximate surface area is 256 Å². The zero-order valence-electron chi connectivity index (χ0n) is 24.7.